The second kappa shape index (κ2) is 11.5. The predicted molar refractivity (Wildman–Crippen MR) is 161 cm³/mol. The van der Waals surface area contributed by atoms with Crippen LogP contribution >= 0.6 is 11.6 Å². The first-order valence-electron chi connectivity index (χ1n) is 14.9. The summed E-state index contributed by atoms with van der Waals surface area (Å²) in [5.74, 6) is 1.84. The fraction of sp³-hybridized carbons (Fsp3) is 0.533. The van der Waals surface area contributed by atoms with Gasteiger partial charge in [0.1, 0.15) is 5.69 Å². The molecule has 4 aromatic rings. The van der Waals surface area contributed by atoms with Gasteiger partial charge in [-0.1, -0.05) is 43.4 Å². The van der Waals surface area contributed by atoms with Crippen molar-refractivity contribution in [3.63, 3.8) is 0 Å². The molecule has 0 radical (unpaired) electrons. The van der Waals surface area contributed by atoms with Crippen LogP contribution in [0.5, 0.6) is 0 Å². The van der Waals surface area contributed by atoms with Crippen molar-refractivity contribution in [1.82, 2.24) is 34.6 Å². The number of nitrogens with one attached hydrogen (secondary N) is 1. The SMILES string of the molecule is CCC(=O)N1C[C@H](C)N(c2nc3cc(-c4noc(=O)[nH]4)nc(-c4cncc(Cl)c4)c3n2CC2CCC(C)CC2)[C@@H](C)C1. The predicted octanol–water partition coefficient (Wildman–Crippen LogP) is 5.15. The van der Waals surface area contributed by atoms with Gasteiger partial charge in [-0.05, 0) is 50.7 Å². The number of carbonyl (C=O) groups excluding carboxylic acids is 1. The van der Waals surface area contributed by atoms with Crippen LogP contribution in [0, 0.1) is 11.8 Å². The summed E-state index contributed by atoms with van der Waals surface area (Å²) in [6.07, 6.45) is 8.56. The second-order valence-electron chi connectivity index (χ2n) is 12.0. The average Bonchev–Trinajstić information content (AvgIpc) is 3.56. The Morgan fingerprint density at radius 2 is 1.81 bits per heavy atom. The smallest absolute Gasteiger partial charge is 0.339 e. The minimum Gasteiger partial charge on any atom is -0.339 e. The zero-order valence-electron chi connectivity index (χ0n) is 24.5. The van der Waals surface area contributed by atoms with Gasteiger partial charge in [-0.15, -0.1) is 0 Å². The third-order valence-corrected chi connectivity index (χ3v) is 8.95. The zero-order chi connectivity index (χ0) is 29.5. The maximum Gasteiger partial charge on any atom is 0.439 e. The standard InChI is InChI=1S/C30H37ClN8O3/c1-5-25(40)37-14-18(3)39(19(4)15-37)29-34-23-11-24(28-35-30(41)42-36-28)33-26(21-10-22(31)13-32-12-21)27(23)38(29)16-20-8-6-17(2)7-9-20/h10-13,17-20H,5-9,14-16H2,1-4H3,(H,35,36,41)/t17?,18-,19-,20?/m0/s1. The van der Waals surface area contributed by atoms with Gasteiger partial charge in [-0.25, -0.2) is 14.8 Å². The molecule has 1 N–H and O–H groups in total. The number of nitrogens with zero attached hydrogens (tertiary/aromatic N) is 7. The quantitative estimate of drug-likeness (QED) is 0.326. The van der Waals surface area contributed by atoms with E-state index >= 15 is 0 Å². The zero-order valence-corrected chi connectivity index (χ0v) is 25.3. The molecule has 0 bridgehead atoms. The van der Waals surface area contributed by atoms with E-state index in [1.54, 1.807) is 12.4 Å². The lowest BCUT2D eigenvalue weighted by Crippen LogP contribution is -2.59. The molecular weight excluding hydrogens is 556 g/mol. The summed E-state index contributed by atoms with van der Waals surface area (Å²) in [4.78, 5) is 45.9. The van der Waals surface area contributed by atoms with E-state index in [-0.39, 0.29) is 23.8 Å². The molecule has 2 aliphatic rings. The molecule has 1 aliphatic carbocycles. The lowest BCUT2D eigenvalue weighted by molar-refractivity contribution is -0.132. The molecule has 5 heterocycles. The van der Waals surface area contributed by atoms with Gasteiger partial charge in [0.25, 0.3) is 0 Å². The van der Waals surface area contributed by atoms with E-state index in [4.69, 9.17) is 26.1 Å². The van der Waals surface area contributed by atoms with Crippen molar-refractivity contribution in [1.29, 1.82) is 0 Å². The minimum absolute atomic E-state index is 0.0572. The monoisotopic (exact) mass is 592 g/mol. The third kappa shape index (κ3) is 5.42. The highest BCUT2D eigenvalue weighted by atomic mass is 35.5. The second-order valence-corrected chi connectivity index (χ2v) is 12.4. The molecule has 0 spiro atoms. The molecule has 1 saturated heterocycles. The van der Waals surface area contributed by atoms with E-state index in [9.17, 15) is 9.59 Å². The normalized spacial score (nSPS) is 23.1. The van der Waals surface area contributed by atoms with Crippen molar-refractivity contribution in [2.45, 2.75) is 78.4 Å². The fourth-order valence-corrected chi connectivity index (χ4v) is 6.81. The summed E-state index contributed by atoms with van der Waals surface area (Å²) in [7, 11) is 0. The number of hydrogen-bond donors (Lipinski definition) is 1. The summed E-state index contributed by atoms with van der Waals surface area (Å²) >= 11 is 6.40. The van der Waals surface area contributed by atoms with Crippen LogP contribution in [0.25, 0.3) is 33.8 Å². The van der Waals surface area contributed by atoms with Gasteiger partial charge < -0.3 is 14.4 Å². The molecule has 0 unspecified atom stereocenters. The van der Waals surface area contributed by atoms with Gasteiger partial charge in [-0.2, -0.15) is 0 Å². The lowest BCUT2D eigenvalue weighted by atomic mass is 9.83. The van der Waals surface area contributed by atoms with Crippen molar-refractivity contribution in [2.24, 2.45) is 11.8 Å². The number of aromatic amines is 1. The third-order valence-electron chi connectivity index (χ3n) is 8.75. The molecule has 0 aromatic carbocycles. The Balaban J connectivity index is 1.55. The fourth-order valence-electron chi connectivity index (χ4n) is 6.63. The topological polar surface area (TPSA) is 126 Å². The molecule has 2 fully saturated rings. The number of H-pyrrole nitrogens is 1. The maximum absolute atomic E-state index is 12.6. The van der Waals surface area contributed by atoms with Crippen LogP contribution in [0.1, 0.15) is 59.8 Å². The van der Waals surface area contributed by atoms with Crippen LogP contribution in [0.3, 0.4) is 0 Å². The van der Waals surface area contributed by atoms with Gasteiger partial charge in [-0.3, -0.25) is 19.3 Å². The van der Waals surface area contributed by atoms with E-state index in [1.165, 1.54) is 12.8 Å². The number of pyridine rings is 2. The van der Waals surface area contributed by atoms with E-state index in [0.717, 1.165) is 47.8 Å². The van der Waals surface area contributed by atoms with Gasteiger partial charge in [0, 0.05) is 56.1 Å². The number of fused-ring (bicyclic) bond motifs is 1. The van der Waals surface area contributed by atoms with Gasteiger partial charge >= 0.3 is 5.76 Å². The number of carbonyl (C=O) groups is 1. The van der Waals surface area contributed by atoms with Gasteiger partial charge in [0.15, 0.2) is 0 Å². The summed E-state index contributed by atoms with van der Waals surface area (Å²) in [6.45, 7) is 10.6. The van der Waals surface area contributed by atoms with Crippen molar-refractivity contribution in [3.05, 3.63) is 40.1 Å². The summed E-state index contributed by atoms with van der Waals surface area (Å²) in [5.41, 5.74) is 3.44. The average molecular weight is 593 g/mol. The molecule has 1 aliphatic heterocycles. The van der Waals surface area contributed by atoms with Crippen LogP contribution < -0.4 is 10.7 Å². The highest BCUT2D eigenvalue weighted by Gasteiger charge is 2.35. The van der Waals surface area contributed by atoms with E-state index in [2.05, 4.69) is 45.4 Å². The Hall–Kier alpha value is -3.73. The van der Waals surface area contributed by atoms with Crippen molar-refractivity contribution >= 4 is 34.5 Å². The Labute approximate surface area is 249 Å². The highest BCUT2D eigenvalue weighted by Crippen LogP contribution is 2.38. The molecule has 11 nitrogen and oxygen atoms in total. The molecular formula is C30H37ClN8O3. The molecule has 6 rings (SSSR count). The Morgan fingerprint density at radius 1 is 1.07 bits per heavy atom. The number of aromatic nitrogens is 6. The molecule has 4 aromatic heterocycles. The van der Waals surface area contributed by atoms with Crippen molar-refractivity contribution in [2.75, 3.05) is 18.0 Å². The number of rotatable bonds is 6. The van der Waals surface area contributed by atoms with Gasteiger partial charge in [0.2, 0.25) is 17.7 Å². The van der Waals surface area contributed by atoms with Crippen LogP contribution in [0.4, 0.5) is 5.95 Å². The van der Waals surface area contributed by atoms with E-state index in [0.29, 0.717) is 41.8 Å². The summed E-state index contributed by atoms with van der Waals surface area (Å²) < 4.78 is 7.11. The number of hydrogen-bond acceptors (Lipinski definition) is 8. The Morgan fingerprint density at radius 3 is 2.45 bits per heavy atom. The summed E-state index contributed by atoms with van der Waals surface area (Å²) in [6, 6.07) is 3.80. The van der Waals surface area contributed by atoms with Gasteiger partial charge in [0.05, 0.1) is 21.7 Å². The largest absolute Gasteiger partial charge is 0.439 e. The molecule has 12 heteroatoms. The Kier molecular flexibility index (Phi) is 7.78. The van der Waals surface area contributed by atoms with Crippen LogP contribution in [-0.4, -0.2) is 65.6 Å². The summed E-state index contributed by atoms with van der Waals surface area (Å²) in [5, 5.41) is 4.39. The molecule has 1 amide bonds. The Bertz CT molecular complexity index is 1640. The molecule has 42 heavy (non-hydrogen) atoms. The number of piperazine rings is 1. The number of anilines is 1. The van der Waals surface area contributed by atoms with E-state index in [1.807, 2.05) is 24.0 Å². The highest BCUT2D eigenvalue weighted by molar-refractivity contribution is 6.30. The number of imidazole rings is 1. The molecule has 1 saturated carbocycles. The van der Waals surface area contributed by atoms with Crippen molar-refractivity contribution < 1.29 is 9.32 Å². The lowest BCUT2D eigenvalue weighted by Gasteiger charge is -2.45. The molecule has 222 valence electrons. The van der Waals surface area contributed by atoms with Crippen molar-refractivity contribution in [3.8, 4) is 22.8 Å². The maximum atomic E-state index is 12.6. The number of halogens is 1. The minimum atomic E-state index is -0.655. The van der Waals surface area contributed by atoms with Crippen LogP contribution in [0.2, 0.25) is 5.02 Å². The van der Waals surface area contributed by atoms with Crippen LogP contribution in [-0.2, 0) is 11.3 Å². The van der Waals surface area contributed by atoms with Crippen LogP contribution in [0.15, 0.2) is 33.8 Å². The first-order valence-corrected chi connectivity index (χ1v) is 15.2. The number of amides is 1. The van der Waals surface area contributed by atoms with E-state index < -0.39 is 5.76 Å². The first-order chi connectivity index (χ1) is 20.2. The first kappa shape index (κ1) is 28.4. The molecule has 2 atom stereocenters.